The molecule has 0 saturated carbocycles. The van der Waals surface area contributed by atoms with Crippen LogP contribution in [0.4, 0.5) is 0 Å². The monoisotopic (exact) mass is 367 g/mol. The number of carbonyl (C=O) groups excluding carboxylic acids is 1. The molecule has 0 N–H and O–H groups in total. The van der Waals surface area contributed by atoms with Crippen LogP contribution in [0.5, 0.6) is 11.5 Å². The number of hydrazone groups is 1. The predicted molar refractivity (Wildman–Crippen MR) is 105 cm³/mol. The molecule has 0 aliphatic carbocycles. The number of ether oxygens (including phenoxy) is 2. The second-order valence-electron chi connectivity index (χ2n) is 6.44. The van der Waals surface area contributed by atoms with Crippen molar-refractivity contribution in [3.8, 4) is 11.5 Å². The van der Waals surface area contributed by atoms with Crippen LogP contribution in [0, 0.1) is 0 Å². The number of hydrogen-bond acceptors (Lipinski definition) is 5. The first-order valence-corrected chi connectivity index (χ1v) is 9.04. The van der Waals surface area contributed by atoms with E-state index < -0.39 is 0 Å². The molecule has 0 saturated heterocycles. The Kier molecular flexibility index (Phi) is 6.44. The van der Waals surface area contributed by atoms with Crippen LogP contribution >= 0.6 is 0 Å². The molecule has 0 fully saturated rings. The molecule has 2 aromatic carbocycles. The largest absolute Gasteiger partial charge is 0.497 e. The molecule has 0 aromatic heterocycles. The van der Waals surface area contributed by atoms with Crippen LogP contribution in [0.15, 0.2) is 59.7 Å². The Morgan fingerprint density at radius 2 is 1.81 bits per heavy atom. The van der Waals surface area contributed by atoms with Crippen molar-refractivity contribution >= 4 is 11.6 Å². The van der Waals surface area contributed by atoms with Crippen LogP contribution in [-0.4, -0.2) is 61.9 Å². The molecular formula is C21H25N3O3. The van der Waals surface area contributed by atoms with E-state index in [1.807, 2.05) is 66.5 Å². The van der Waals surface area contributed by atoms with Crippen LogP contribution in [0.2, 0.25) is 0 Å². The highest BCUT2D eigenvalue weighted by Crippen LogP contribution is 2.17. The minimum absolute atomic E-state index is 0.00729. The third-order valence-corrected chi connectivity index (χ3v) is 4.40. The van der Waals surface area contributed by atoms with E-state index in [9.17, 15) is 4.79 Å². The molecule has 0 atom stereocenters. The maximum atomic E-state index is 12.5. The lowest BCUT2D eigenvalue weighted by Crippen LogP contribution is -2.36. The van der Waals surface area contributed by atoms with Gasteiger partial charge >= 0.3 is 0 Å². The van der Waals surface area contributed by atoms with E-state index in [0.717, 1.165) is 29.2 Å². The first-order valence-electron chi connectivity index (χ1n) is 9.04. The maximum Gasteiger partial charge on any atom is 0.256 e. The summed E-state index contributed by atoms with van der Waals surface area (Å²) >= 11 is 0. The van der Waals surface area contributed by atoms with Crippen molar-refractivity contribution in [3.05, 3.63) is 60.2 Å². The zero-order chi connectivity index (χ0) is 19.1. The summed E-state index contributed by atoms with van der Waals surface area (Å²) in [7, 11) is 3.54. The van der Waals surface area contributed by atoms with Gasteiger partial charge in [-0.15, -0.1) is 0 Å². The zero-order valence-corrected chi connectivity index (χ0v) is 15.8. The van der Waals surface area contributed by atoms with E-state index in [1.54, 1.807) is 12.1 Å². The molecule has 1 aliphatic rings. The number of methoxy groups -OCH3 is 1. The summed E-state index contributed by atoms with van der Waals surface area (Å²) in [6, 6.07) is 17.5. The molecule has 142 valence electrons. The van der Waals surface area contributed by atoms with Gasteiger partial charge in [0.25, 0.3) is 5.91 Å². The number of hydrogen-bond donors (Lipinski definition) is 0. The standard InChI is InChI=1S/C21H25N3O3/c1-23(14-15-27-19-10-8-18(26-2)9-11-19)16-21(25)24-13-12-20(22-24)17-6-4-3-5-7-17/h3-11H,12-16H2,1-2H3. The number of nitrogens with zero attached hydrogens (tertiary/aromatic N) is 3. The Labute approximate surface area is 160 Å². The van der Waals surface area contributed by atoms with Crippen LogP contribution in [0.3, 0.4) is 0 Å². The van der Waals surface area contributed by atoms with E-state index in [2.05, 4.69) is 5.10 Å². The van der Waals surface area contributed by atoms with Crippen molar-refractivity contribution in [2.24, 2.45) is 5.10 Å². The van der Waals surface area contributed by atoms with E-state index >= 15 is 0 Å². The normalized spacial score (nSPS) is 13.6. The van der Waals surface area contributed by atoms with Gasteiger partial charge in [-0.25, -0.2) is 5.01 Å². The fraction of sp³-hybridized carbons (Fsp3) is 0.333. The smallest absolute Gasteiger partial charge is 0.256 e. The summed E-state index contributed by atoms with van der Waals surface area (Å²) in [5.41, 5.74) is 2.04. The van der Waals surface area contributed by atoms with Crippen molar-refractivity contribution in [3.63, 3.8) is 0 Å². The maximum absolute atomic E-state index is 12.5. The van der Waals surface area contributed by atoms with Crippen molar-refractivity contribution in [1.29, 1.82) is 0 Å². The van der Waals surface area contributed by atoms with Crippen molar-refractivity contribution in [2.45, 2.75) is 6.42 Å². The van der Waals surface area contributed by atoms with Crippen molar-refractivity contribution in [2.75, 3.05) is 40.4 Å². The molecule has 0 spiro atoms. The van der Waals surface area contributed by atoms with Crippen LogP contribution in [-0.2, 0) is 4.79 Å². The molecule has 27 heavy (non-hydrogen) atoms. The molecule has 2 aromatic rings. The second-order valence-corrected chi connectivity index (χ2v) is 6.44. The van der Waals surface area contributed by atoms with Gasteiger partial charge in [0, 0.05) is 13.0 Å². The summed E-state index contributed by atoms with van der Waals surface area (Å²) in [5.74, 6) is 1.59. The molecule has 3 rings (SSSR count). The molecule has 0 radical (unpaired) electrons. The molecule has 1 aliphatic heterocycles. The molecule has 1 heterocycles. The number of amides is 1. The van der Waals surface area contributed by atoms with Gasteiger partial charge in [-0.1, -0.05) is 30.3 Å². The van der Waals surface area contributed by atoms with E-state index in [4.69, 9.17) is 9.47 Å². The summed E-state index contributed by atoms with van der Waals surface area (Å²) in [6.07, 6.45) is 0.792. The second kappa shape index (κ2) is 9.19. The Morgan fingerprint density at radius 1 is 1.11 bits per heavy atom. The first-order chi connectivity index (χ1) is 13.2. The minimum Gasteiger partial charge on any atom is -0.497 e. The lowest BCUT2D eigenvalue weighted by Gasteiger charge is -2.19. The third-order valence-electron chi connectivity index (χ3n) is 4.40. The summed E-state index contributed by atoms with van der Waals surface area (Å²) in [6.45, 7) is 2.12. The molecule has 6 nitrogen and oxygen atoms in total. The molecule has 0 unspecified atom stereocenters. The number of carbonyl (C=O) groups is 1. The fourth-order valence-corrected chi connectivity index (χ4v) is 2.85. The first kappa shape index (κ1) is 18.9. The Bertz CT molecular complexity index is 775. The Balaban J connectivity index is 1.43. The Hall–Kier alpha value is -2.86. The quantitative estimate of drug-likeness (QED) is 0.720. The lowest BCUT2D eigenvalue weighted by atomic mass is 10.1. The number of rotatable bonds is 8. The van der Waals surface area contributed by atoms with Gasteiger partial charge < -0.3 is 9.47 Å². The lowest BCUT2D eigenvalue weighted by molar-refractivity contribution is -0.131. The highest BCUT2D eigenvalue weighted by Gasteiger charge is 2.22. The SMILES string of the molecule is COc1ccc(OCCN(C)CC(=O)N2CCC(c3ccccc3)=N2)cc1. The molecule has 6 heteroatoms. The van der Waals surface area contributed by atoms with Gasteiger partial charge in [0.1, 0.15) is 18.1 Å². The fourth-order valence-electron chi connectivity index (χ4n) is 2.85. The van der Waals surface area contributed by atoms with Gasteiger partial charge in [0.2, 0.25) is 0 Å². The highest BCUT2D eigenvalue weighted by atomic mass is 16.5. The highest BCUT2D eigenvalue weighted by molar-refractivity contribution is 6.02. The number of likely N-dealkylation sites (N-methyl/N-ethyl adjacent to an activating group) is 1. The number of benzene rings is 2. The third kappa shape index (κ3) is 5.31. The topological polar surface area (TPSA) is 54.4 Å². The average molecular weight is 367 g/mol. The van der Waals surface area contributed by atoms with Crippen LogP contribution < -0.4 is 9.47 Å². The summed E-state index contributed by atoms with van der Waals surface area (Å²) < 4.78 is 10.8. The zero-order valence-electron chi connectivity index (χ0n) is 15.8. The van der Waals surface area contributed by atoms with Gasteiger partial charge in [0.15, 0.2) is 0 Å². The summed E-state index contributed by atoms with van der Waals surface area (Å²) in [5, 5.41) is 6.06. The molecule has 1 amide bonds. The van der Waals surface area contributed by atoms with Gasteiger partial charge in [-0.05, 0) is 36.9 Å². The van der Waals surface area contributed by atoms with Gasteiger partial charge in [0.05, 0.1) is 25.9 Å². The van der Waals surface area contributed by atoms with E-state index in [-0.39, 0.29) is 5.91 Å². The Morgan fingerprint density at radius 3 is 2.52 bits per heavy atom. The molecular weight excluding hydrogens is 342 g/mol. The van der Waals surface area contributed by atoms with Crippen LogP contribution in [0.25, 0.3) is 0 Å². The van der Waals surface area contributed by atoms with Crippen molar-refractivity contribution in [1.82, 2.24) is 9.91 Å². The van der Waals surface area contributed by atoms with Crippen molar-refractivity contribution < 1.29 is 14.3 Å². The average Bonchev–Trinajstić information content (AvgIpc) is 3.20. The summed E-state index contributed by atoms with van der Waals surface area (Å²) in [4.78, 5) is 14.4. The minimum atomic E-state index is 0.00729. The predicted octanol–water partition coefficient (Wildman–Crippen LogP) is 2.64. The van der Waals surface area contributed by atoms with E-state index in [1.165, 1.54) is 0 Å². The van der Waals surface area contributed by atoms with E-state index in [0.29, 0.717) is 26.2 Å². The van der Waals surface area contributed by atoms with Crippen LogP contribution in [0.1, 0.15) is 12.0 Å². The van der Waals surface area contributed by atoms with Gasteiger partial charge in [-0.3, -0.25) is 9.69 Å². The molecule has 0 bridgehead atoms. The van der Waals surface area contributed by atoms with Gasteiger partial charge in [-0.2, -0.15) is 5.10 Å².